The molecule has 1 aliphatic heterocycles. The number of para-hydroxylation sites is 2. The van der Waals surface area contributed by atoms with Crippen molar-refractivity contribution in [2.75, 3.05) is 13.1 Å². The topological polar surface area (TPSA) is 54.3 Å². The van der Waals surface area contributed by atoms with Gasteiger partial charge >= 0.3 is 6.09 Å². The Morgan fingerprint density at radius 2 is 1.38 bits per heavy atom. The Morgan fingerprint density at radius 3 is 1.86 bits per heavy atom. The van der Waals surface area contributed by atoms with Gasteiger partial charge in [-0.1, -0.05) is 60.7 Å². The number of hydrogen-bond acceptors (Lipinski definition) is 4. The first-order chi connectivity index (χ1) is 13.9. The van der Waals surface area contributed by atoms with E-state index < -0.39 is 5.60 Å². The molecule has 0 aliphatic carbocycles. The second-order valence-corrected chi connectivity index (χ2v) is 7.63. The highest BCUT2D eigenvalue weighted by Gasteiger charge is 2.20. The Labute approximate surface area is 171 Å². The van der Waals surface area contributed by atoms with Gasteiger partial charge in [-0.05, 0) is 32.9 Å². The minimum atomic E-state index is -0.549. The monoisotopic (exact) mass is 387 g/mol. The maximum absolute atomic E-state index is 12.6. The molecule has 0 N–H and O–H groups in total. The van der Waals surface area contributed by atoms with Crippen molar-refractivity contribution in [2.24, 2.45) is 9.98 Å². The van der Waals surface area contributed by atoms with Crippen molar-refractivity contribution in [2.45, 2.75) is 26.4 Å². The zero-order valence-electron chi connectivity index (χ0n) is 17.0. The maximum atomic E-state index is 12.6. The number of fused-ring (bicyclic) bond motifs is 2. The summed E-state index contributed by atoms with van der Waals surface area (Å²) in [5, 5.41) is 0. The predicted molar refractivity (Wildman–Crippen MR) is 118 cm³/mol. The van der Waals surface area contributed by atoms with Crippen LogP contribution in [-0.2, 0) is 4.74 Å². The van der Waals surface area contributed by atoms with Gasteiger partial charge in [-0.2, -0.15) is 9.98 Å². The summed E-state index contributed by atoms with van der Waals surface area (Å²) < 4.78 is 5.56. The fourth-order valence-corrected chi connectivity index (χ4v) is 2.76. The highest BCUT2D eigenvalue weighted by Crippen LogP contribution is 2.22. The van der Waals surface area contributed by atoms with E-state index >= 15 is 0 Å². The number of nitrogens with zero attached hydrogens (tertiary/aromatic N) is 3. The number of aliphatic imine (C=N–C) groups is 2. The van der Waals surface area contributed by atoms with Crippen LogP contribution in [0.4, 0.5) is 16.2 Å². The van der Waals surface area contributed by atoms with Crippen molar-refractivity contribution < 1.29 is 9.53 Å². The van der Waals surface area contributed by atoms with E-state index in [-0.39, 0.29) is 6.09 Å². The third-order valence-corrected chi connectivity index (χ3v) is 4.11. The lowest BCUT2D eigenvalue weighted by Crippen LogP contribution is -2.37. The number of benzene rings is 2. The van der Waals surface area contributed by atoms with Crippen molar-refractivity contribution in [3.63, 3.8) is 0 Å². The number of carbonyl (C=O) groups excluding carboxylic acids is 1. The Balaban J connectivity index is 1.99. The molecule has 0 radical (unpaired) electrons. The first-order valence-electron chi connectivity index (χ1n) is 9.58. The summed E-state index contributed by atoms with van der Waals surface area (Å²) >= 11 is 0. The zero-order valence-corrected chi connectivity index (χ0v) is 17.0. The van der Waals surface area contributed by atoms with Gasteiger partial charge in [-0.25, -0.2) is 4.79 Å². The van der Waals surface area contributed by atoms with Gasteiger partial charge in [0.05, 0.1) is 11.4 Å². The number of ether oxygens (including phenoxy) is 1. The average Bonchev–Trinajstić information content (AvgIpc) is 2.67. The molecule has 0 bridgehead atoms. The van der Waals surface area contributed by atoms with Crippen molar-refractivity contribution in [1.82, 2.24) is 4.90 Å². The smallest absolute Gasteiger partial charge is 0.410 e. The van der Waals surface area contributed by atoms with E-state index in [1.54, 1.807) is 4.90 Å². The van der Waals surface area contributed by atoms with Crippen LogP contribution in [0, 0.1) is 0 Å². The molecule has 2 aromatic carbocycles. The largest absolute Gasteiger partial charge is 0.444 e. The van der Waals surface area contributed by atoms with E-state index in [1.807, 2.05) is 93.6 Å². The van der Waals surface area contributed by atoms with E-state index in [0.717, 1.165) is 22.5 Å². The summed E-state index contributed by atoms with van der Waals surface area (Å²) in [6.45, 7) is 6.44. The Hall–Kier alpha value is -3.43. The molecular formula is C24H25N3O2. The number of carbonyl (C=O) groups is 1. The van der Waals surface area contributed by atoms with Gasteiger partial charge in [0.25, 0.3) is 0 Å². The summed E-state index contributed by atoms with van der Waals surface area (Å²) in [6.07, 6.45) is 7.41. The Bertz CT molecular complexity index is 930. The first-order valence-corrected chi connectivity index (χ1v) is 9.58. The molecule has 0 saturated carbocycles. The van der Waals surface area contributed by atoms with Crippen molar-refractivity contribution in [3.8, 4) is 0 Å². The molecule has 0 saturated heterocycles. The van der Waals surface area contributed by atoms with Crippen LogP contribution < -0.4 is 0 Å². The van der Waals surface area contributed by atoms with Crippen LogP contribution in [0.1, 0.15) is 31.9 Å². The molecular weight excluding hydrogens is 362 g/mol. The van der Waals surface area contributed by atoms with Crippen LogP contribution in [0.2, 0.25) is 0 Å². The van der Waals surface area contributed by atoms with Gasteiger partial charge in [0.2, 0.25) is 0 Å². The Kier molecular flexibility index (Phi) is 6.43. The molecule has 5 heteroatoms. The normalized spacial score (nSPS) is 16.3. The lowest BCUT2D eigenvalue weighted by molar-refractivity contribution is 0.0293. The SMILES string of the molecule is CC(C)(C)OC(=O)N1C/C=C/c2ccccc2N=C=Nc2ccccc2/C=C/C1. The molecule has 29 heavy (non-hydrogen) atoms. The van der Waals surface area contributed by atoms with Gasteiger partial charge in [0, 0.05) is 24.2 Å². The van der Waals surface area contributed by atoms with Crippen LogP contribution in [-0.4, -0.2) is 35.7 Å². The number of hydrogen-bond donors (Lipinski definition) is 0. The maximum Gasteiger partial charge on any atom is 0.410 e. The molecule has 0 aromatic heterocycles. The third-order valence-electron chi connectivity index (χ3n) is 4.11. The van der Waals surface area contributed by atoms with E-state index in [9.17, 15) is 4.79 Å². The molecule has 1 amide bonds. The summed E-state index contributed by atoms with van der Waals surface area (Å²) in [6, 6.07) is 18.3. The quantitative estimate of drug-likeness (QED) is 0.548. The molecule has 148 valence electrons. The molecule has 1 heterocycles. The van der Waals surface area contributed by atoms with Gasteiger partial charge in [0.1, 0.15) is 11.6 Å². The summed E-state index contributed by atoms with van der Waals surface area (Å²) in [7, 11) is 0. The lowest BCUT2D eigenvalue weighted by Gasteiger charge is -2.26. The molecule has 0 spiro atoms. The highest BCUT2D eigenvalue weighted by molar-refractivity contribution is 5.72. The molecule has 0 fully saturated rings. The molecule has 0 atom stereocenters. The second-order valence-electron chi connectivity index (χ2n) is 7.63. The van der Waals surface area contributed by atoms with Gasteiger partial charge in [-0.3, -0.25) is 0 Å². The molecule has 0 unspecified atom stereocenters. The molecule has 1 aliphatic rings. The summed E-state index contributed by atoms with van der Waals surface area (Å²) in [4.78, 5) is 23.0. The van der Waals surface area contributed by atoms with E-state index in [2.05, 4.69) is 16.0 Å². The van der Waals surface area contributed by atoms with Gasteiger partial charge in [0.15, 0.2) is 0 Å². The zero-order chi connectivity index (χ0) is 20.7. The second kappa shape index (κ2) is 9.18. The van der Waals surface area contributed by atoms with E-state index in [4.69, 9.17) is 4.74 Å². The first kappa shape index (κ1) is 20.3. The molecule has 2 aromatic rings. The van der Waals surface area contributed by atoms with Crippen LogP contribution in [0.3, 0.4) is 0 Å². The average molecular weight is 387 g/mol. The summed E-state index contributed by atoms with van der Waals surface area (Å²) in [5.74, 6) is 0. The van der Waals surface area contributed by atoms with Crippen LogP contribution in [0.5, 0.6) is 0 Å². The minimum Gasteiger partial charge on any atom is -0.444 e. The lowest BCUT2D eigenvalue weighted by atomic mass is 10.1. The summed E-state index contributed by atoms with van der Waals surface area (Å²) in [5.41, 5.74) is 2.84. The predicted octanol–water partition coefficient (Wildman–Crippen LogP) is 6.10. The van der Waals surface area contributed by atoms with Gasteiger partial charge in [-0.15, -0.1) is 0 Å². The van der Waals surface area contributed by atoms with Crippen molar-refractivity contribution in [3.05, 3.63) is 71.8 Å². The standard InChI is InChI=1S/C24H25N3O2/c1-24(2,3)29-23(28)27-16-8-12-19-10-4-6-14-21(19)25-18-26-22-15-7-5-11-20(22)13-9-17-27/h4-15H,16-17H2,1-3H3/b12-8+,13-9+. The molecule has 5 nitrogen and oxygen atoms in total. The van der Waals surface area contributed by atoms with E-state index in [0.29, 0.717) is 13.1 Å². The fraction of sp³-hybridized carbons (Fsp3) is 0.250. The molecule has 3 rings (SSSR count). The number of amides is 1. The van der Waals surface area contributed by atoms with Crippen molar-refractivity contribution >= 4 is 35.6 Å². The van der Waals surface area contributed by atoms with Crippen LogP contribution in [0.25, 0.3) is 12.2 Å². The van der Waals surface area contributed by atoms with Crippen molar-refractivity contribution in [1.29, 1.82) is 0 Å². The highest BCUT2D eigenvalue weighted by atomic mass is 16.6. The Morgan fingerprint density at radius 1 is 0.897 bits per heavy atom. The fourth-order valence-electron chi connectivity index (χ4n) is 2.76. The number of rotatable bonds is 0. The van der Waals surface area contributed by atoms with Crippen LogP contribution in [0.15, 0.2) is 70.7 Å². The van der Waals surface area contributed by atoms with E-state index in [1.165, 1.54) is 0 Å². The third kappa shape index (κ3) is 6.03. The van der Waals surface area contributed by atoms with Gasteiger partial charge < -0.3 is 9.64 Å². The van der Waals surface area contributed by atoms with Crippen LogP contribution >= 0.6 is 0 Å². The minimum absolute atomic E-state index is 0.350.